The SMILES string of the molecule is CC(NC(=O)C1CCN(C(=O)CCOc2ccccc2)CC1)C(C)C(=O)O. The van der Waals surface area contributed by atoms with Crippen molar-refractivity contribution < 1.29 is 24.2 Å². The first-order valence-corrected chi connectivity index (χ1v) is 9.37. The molecular weight excluding hydrogens is 348 g/mol. The van der Waals surface area contributed by atoms with Gasteiger partial charge in [0.05, 0.1) is 18.9 Å². The molecule has 1 fully saturated rings. The molecule has 1 aliphatic rings. The van der Waals surface area contributed by atoms with Gasteiger partial charge in [-0.05, 0) is 38.8 Å². The number of amides is 2. The number of benzene rings is 1. The minimum atomic E-state index is -0.930. The number of carbonyl (C=O) groups excluding carboxylic acids is 2. The number of para-hydroxylation sites is 1. The van der Waals surface area contributed by atoms with Gasteiger partial charge in [-0.1, -0.05) is 18.2 Å². The van der Waals surface area contributed by atoms with Gasteiger partial charge in [0.2, 0.25) is 11.8 Å². The number of ether oxygens (including phenoxy) is 1. The molecule has 1 aliphatic heterocycles. The smallest absolute Gasteiger partial charge is 0.308 e. The van der Waals surface area contributed by atoms with E-state index in [4.69, 9.17) is 9.84 Å². The normalized spacial score (nSPS) is 17.0. The van der Waals surface area contributed by atoms with Gasteiger partial charge in [-0.2, -0.15) is 0 Å². The van der Waals surface area contributed by atoms with E-state index in [1.807, 2.05) is 30.3 Å². The zero-order valence-corrected chi connectivity index (χ0v) is 15.9. The number of likely N-dealkylation sites (tertiary alicyclic amines) is 1. The lowest BCUT2D eigenvalue weighted by atomic mass is 9.94. The Labute approximate surface area is 159 Å². The molecule has 2 unspecified atom stereocenters. The van der Waals surface area contributed by atoms with Crippen LogP contribution < -0.4 is 10.1 Å². The maximum Gasteiger partial charge on any atom is 0.308 e. The molecule has 1 heterocycles. The molecule has 0 spiro atoms. The van der Waals surface area contributed by atoms with Crippen LogP contribution in [0.25, 0.3) is 0 Å². The molecule has 2 N–H and O–H groups in total. The van der Waals surface area contributed by atoms with Crippen molar-refractivity contribution in [3.63, 3.8) is 0 Å². The second-order valence-electron chi connectivity index (χ2n) is 6.99. The molecule has 0 saturated carbocycles. The second-order valence-corrected chi connectivity index (χ2v) is 6.99. The Morgan fingerprint density at radius 2 is 1.81 bits per heavy atom. The Hall–Kier alpha value is -2.57. The van der Waals surface area contributed by atoms with Crippen LogP contribution in [-0.4, -0.2) is 53.5 Å². The Kier molecular flexibility index (Phi) is 7.64. The van der Waals surface area contributed by atoms with Crippen LogP contribution in [0.2, 0.25) is 0 Å². The highest BCUT2D eigenvalue weighted by atomic mass is 16.5. The molecule has 0 aromatic heterocycles. The Bertz CT molecular complexity index is 641. The average Bonchev–Trinajstić information content (AvgIpc) is 2.68. The van der Waals surface area contributed by atoms with Crippen LogP contribution >= 0.6 is 0 Å². The van der Waals surface area contributed by atoms with E-state index in [0.29, 0.717) is 39.0 Å². The summed E-state index contributed by atoms with van der Waals surface area (Å²) < 4.78 is 5.55. The molecular formula is C20H28N2O5. The van der Waals surface area contributed by atoms with Gasteiger partial charge < -0.3 is 20.1 Å². The van der Waals surface area contributed by atoms with E-state index >= 15 is 0 Å². The molecule has 1 aromatic rings. The first kappa shape index (κ1) is 20.7. The lowest BCUT2D eigenvalue weighted by molar-refractivity contribution is -0.142. The van der Waals surface area contributed by atoms with E-state index in [1.165, 1.54) is 0 Å². The highest BCUT2D eigenvalue weighted by molar-refractivity contribution is 5.81. The largest absolute Gasteiger partial charge is 0.493 e. The van der Waals surface area contributed by atoms with E-state index in [9.17, 15) is 14.4 Å². The van der Waals surface area contributed by atoms with E-state index in [0.717, 1.165) is 5.75 Å². The maximum absolute atomic E-state index is 12.3. The first-order valence-electron chi connectivity index (χ1n) is 9.37. The summed E-state index contributed by atoms with van der Waals surface area (Å²) in [5, 5.41) is 11.8. The first-order chi connectivity index (χ1) is 12.9. The number of hydrogen-bond donors (Lipinski definition) is 2. The highest BCUT2D eigenvalue weighted by Gasteiger charge is 2.29. The third-order valence-electron chi connectivity index (χ3n) is 5.06. The van der Waals surface area contributed by atoms with Crippen molar-refractivity contribution in [2.24, 2.45) is 11.8 Å². The summed E-state index contributed by atoms with van der Waals surface area (Å²) in [6.07, 6.45) is 1.48. The highest BCUT2D eigenvalue weighted by Crippen LogP contribution is 2.19. The van der Waals surface area contributed by atoms with Crippen LogP contribution in [0.15, 0.2) is 30.3 Å². The number of rotatable bonds is 8. The zero-order chi connectivity index (χ0) is 19.8. The predicted molar refractivity (Wildman–Crippen MR) is 100 cm³/mol. The molecule has 2 amide bonds. The molecule has 0 bridgehead atoms. The van der Waals surface area contributed by atoms with Crippen LogP contribution in [-0.2, 0) is 14.4 Å². The molecule has 2 atom stereocenters. The molecule has 27 heavy (non-hydrogen) atoms. The topological polar surface area (TPSA) is 95.9 Å². The van der Waals surface area contributed by atoms with Gasteiger partial charge in [0.25, 0.3) is 0 Å². The van der Waals surface area contributed by atoms with E-state index in [2.05, 4.69) is 5.32 Å². The van der Waals surface area contributed by atoms with Crippen molar-refractivity contribution in [1.29, 1.82) is 0 Å². The van der Waals surface area contributed by atoms with Gasteiger partial charge in [0.1, 0.15) is 5.75 Å². The van der Waals surface area contributed by atoms with E-state index in [1.54, 1.807) is 18.7 Å². The second kappa shape index (κ2) is 9.94. The third-order valence-corrected chi connectivity index (χ3v) is 5.06. The number of carboxylic acids is 1. The van der Waals surface area contributed by atoms with Crippen molar-refractivity contribution in [1.82, 2.24) is 10.2 Å². The predicted octanol–water partition coefficient (Wildman–Crippen LogP) is 1.92. The third kappa shape index (κ3) is 6.27. The van der Waals surface area contributed by atoms with Crippen molar-refractivity contribution in [3.05, 3.63) is 30.3 Å². The molecule has 1 aromatic carbocycles. The summed E-state index contributed by atoms with van der Waals surface area (Å²) in [6.45, 7) is 4.66. The van der Waals surface area contributed by atoms with E-state index < -0.39 is 17.9 Å². The molecule has 0 aliphatic carbocycles. The van der Waals surface area contributed by atoms with Crippen molar-refractivity contribution >= 4 is 17.8 Å². The summed E-state index contributed by atoms with van der Waals surface area (Å²) in [4.78, 5) is 37.4. The van der Waals surface area contributed by atoms with Crippen LogP contribution in [0.3, 0.4) is 0 Å². The number of nitrogens with zero attached hydrogens (tertiary/aromatic N) is 1. The fraction of sp³-hybridized carbons (Fsp3) is 0.550. The Morgan fingerprint density at radius 1 is 1.19 bits per heavy atom. The summed E-state index contributed by atoms with van der Waals surface area (Å²) in [5.41, 5.74) is 0. The minimum Gasteiger partial charge on any atom is -0.493 e. The number of piperidine rings is 1. The van der Waals surface area contributed by atoms with Crippen LogP contribution in [0, 0.1) is 11.8 Å². The van der Waals surface area contributed by atoms with Gasteiger partial charge in [0.15, 0.2) is 0 Å². The molecule has 0 radical (unpaired) electrons. The van der Waals surface area contributed by atoms with Gasteiger partial charge >= 0.3 is 5.97 Å². The van der Waals surface area contributed by atoms with Crippen molar-refractivity contribution in [2.75, 3.05) is 19.7 Å². The number of hydrogen-bond acceptors (Lipinski definition) is 4. The monoisotopic (exact) mass is 376 g/mol. The lowest BCUT2D eigenvalue weighted by Gasteiger charge is -2.32. The summed E-state index contributed by atoms with van der Waals surface area (Å²) in [7, 11) is 0. The summed E-state index contributed by atoms with van der Waals surface area (Å²) >= 11 is 0. The standard InChI is InChI=1S/C20H28N2O5/c1-14(20(25)26)15(2)21-19(24)16-8-11-22(12-9-16)18(23)10-13-27-17-6-4-3-5-7-17/h3-7,14-16H,8-13H2,1-2H3,(H,21,24)(H,25,26). The summed E-state index contributed by atoms with van der Waals surface area (Å²) in [5.74, 6) is -1.11. The van der Waals surface area contributed by atoms with E-state index in [-0.39, 0.29) is 17.7 Å². The Morgan fingerprint density at radius 3 is 2.41 bits per heavy atom. The van der Waals surface area contributed by atoms with Crippen LogP contribution in [0.1, 0.15) is 33.1 Å². The van der Waals surface area contributed by atoms with Gasteiger partial charge in [-0.15, -0.1) is 0 Å². The number of carbonyl (C=O) groups is 3. The fourth-order valence-corrected chi connectivity index (χ4v) is 3.00. The fourth-order valence-electron chi connectivity index (χ4n) is 3.00. The van der Waals surface area contributed by atoms with Crippen LogP contribution in [0.5, 0.6) is 5.75 Å². The Balaban J connectivity index is 1.70. The van der Waals surface area contributed by atoms with Gasteiger partial charge in [-0.25, -0.2) is 0 Å². The van der Waals surface area contributed by atoms with Gasteiger partial charge in [-0.3, -0.25) is 14.4 Å². The molecule has 7 heteroatoms. The zero-order valence-electron chi connectivity index (χ0n) is 15.9. The molecule has 148 valence electrons. The number of carboxylic acid groups (broad SMARTS) is 1. The van der Waals surface area contributed by atoms with Crippen LogP contribution in [0.4, 0.5) is 0 Å². The minimum absolute atomic E-state index is 0.0256. The molecule has 7 nitrogen and oxygen atoms in total. The lowest BCUT2D eigenvalue weighted by Crippen LogP contribution is -2.47. The quantitative estimate of drug-likeness (QED) is 0.723. The average molecular weight is 376 g/mol. The molecule has 2 rings (SSSR count). The van der Waals surface area contributed by atoms with Crippen molar-refractivity contribution in [3.8, 4) is 5.75 Å². The summed E-state index contributed by atoms with van der Waals surface area (Å²) in [6, 6.07) is 8.93. The van der Waals surface area contributed by atoms with Gasteiger partial charge in [0, 0.05) is 25.0 Å². The maximum atomic E-state index is 12.3. The van der Waals surface area contributed by atoms with Crippen molar-refractivity contribution in [2.45, 2.75) is 39.2 Å². The number of aliphatic carboxylic acids is 1. The molecule has 1 saturated heterocycles. The number of nitrogens with one attached hydrogen (secondary N) is 1.